The third kappa shape index (κ3) is 14.3. The molecule has 0 aliphatic rings. The van der Waals surface area contributed by atoms with E-state index in [0.717, 1.165) is 0 Å². The van der Waals surface area contributed by atoms with E-state index in [1.54, 1.807) is 47.4 Å². The van der Waals surface area contributed by atoms with E-state index in [9.17, 15) is 24.6 Å². The van der Waals surface area contributed by atoms with E-state index in [4.69, 9.17) is 19.3 Å². The second-order valence-corrected chi connectivity index (χ2v) is 7.75. The van der Waals surface area contributed by atoms with E-state index < -0.39 is 24.1 Å². The van der Waals surface area contributed by atoms with Crippen LogP contribution in [0.2, 0.25) is 0 Å². The molecule has 0 amide bonds. The maximum absolute atomic E-state index is 11.9. The Morgan fingerprint density at radius 3 is 1.75 bits per heavy atom. The Kier molecular flexibility index (Phi) is 28.3. The van der Waals surface area contributed by atoms with E-state index >= 15 is 0 Å². The van der Waals surface area contributed by atoms with Crippen LogP contribution in [0.4, 0.5) is 4.79 Å². The summed E-state index contributed by atoms with van der Waals surface area (Å²) in [6, 6.07) is 17.0. The van der Waals surface area contributed by atoms with Crippen molar-refractivity contribution in [2.75, 3.05) is 27.8 Å². The molecule has 0 aromatic heterocycles. The van der Waals surface area contributed by atoms with Gasteiger partial charge >= 0.3 is 18.1 Å². The first-order chi connectivity index (χ1) is 18.2. The molecule has 0 saturated carbocycles. The average Bonchev–Trinajstić information content (AvgIpc) is 2.90. The maximum Gasteiger partial charge on any atom is 0.511 e. The number of hydrogen-bond donors (Lipinski definition) is 4. The van der Waals surface area contributed by atoms with Gasteiger partial charge < -0.3 is 41.4 Å². The smallest absolute Gasteiger partial charge is 0.511 e. The molecular weight excluding hydrogens is 647 g/mol. The molecular formula is C31H48N3O9Y-. The van der Waals surface area contributed by atoms with Crippen LogP contribution in [0.3, 0.4) is 0 Å². The van der Waals surface area contributed by atoms with Crippen molar-refractivity contribution in [2.24, 2.45) is 5.73 Å². The Morgan fingerprint density at radius 1 is 0.795 bits per heavy atom. The van der Waals surface area contributed by atoms with Gasteiger partial charge in [0.1, 0.15) is 17.2 Å². The second kappa shape index (κ2) is 24.8. The van der Waals surface area contributed by atoms with Crippen molar-refractivity contribution in [3.63, 3.8) is 0 Å². The molecule has 3 aromatic rings. The minimum Gasteiger partial charge on any atom is -0.693 e. The molecule has 44 heavy (non-hydrogen) atoms. The van der Waals surface area contributed by atoms with Crippen molar-refractivity contribution in [3.8, 4) is 17.2 Å². The summed E-state index contributed by atoms with van der Waals surface area (Å²) in [5.41, 5.74) is 6.61. The number of carboxylic acid groups (broad SMARTS) is 3. The van der Waals surface area contributed by atoms with E-state index in [2.05, 4.69) is 5.73 Å². The Morgan fingerprint density at radius 2 is 1.32 bits per heavy atom. The molecule has 0 aliphatic heterocycles. The number of hydrogen-bond acceptors (Lipinski definition) is 8. The van der Waals surface area contributed by atoms with Gasteiger partial charge in [-0.3, -0.25) is 9.69 Å². The number of nitrogens with zero attached hydrogens (tertiary/aromatic N) is 1. The zero-order valence-corrected chi connectivity index (χ0v) is 25.2. The Balaban J connectivity index is -0.000000621. The van der Waals surface area contributed by atoms with Crippen LogP contribution in [0, 0.1) is 0 Å². The van der Waals surface area contributed by atoms with Gasteiger partial charge in [0.05, 0.1) is 32.4 Å². The number of methoxy groups -OCH3 is 2. The molecule has 13 heteroatoms. The number of carboxylic acids is 2. The number of benzene rings is 3. The summed E-state index contributed by atoms with van der Waals surface area (Å²) in [5.74, 6) is -1.01. The quantitative estimate of drug-likeness (QED) is 0.119. The zero-order chi connectivity index (χ0) is 28.2. The summed E-state index contributed by atoms with van der Waals surface area (Å²) in [7, 11) is 4.51. The SMILES string of the molecule is C.C.C.C.CN.COc1ccc(C(c2ccc(OC(=O)O)cc2)N(CC(=O)O)Cc2ccc(C(=O)O)cc2)c(OC)c1.[NH2-].[Y]. The first-order valence-electron chi connectivity index (χ1n) is 11.3. The molecule has 3 rings (SSSR count). The van der Waals surface area contributed by atoms with Crippen LogP contribution in [-0.2, 0) is 44.0 Å². The number of ether oxygens (including phenoxy) is 3. The number of carbonyl (C=O) groups is 3. The summed E-state index contributed by atoms with van der Waals surface area (Å²) >= 11 is 0. The first kappa shape index (κ1) is 50.1. The van der Waals surface area contributed by atoms with Gasteiger partial charge in [-0.2, -0.15) is 0 Å². The molecule has 245 valence electrons. The molecule has 0 aliphatic carbocycles. The summed E-state index contributed by atoms with van der Waals surface area (Å²) in [5, 5.41) is 27.8. The Labute approximate surface area is 286 Å². The van der Waals surface area contributed by atoms with Gasteiger partial charge in [0.25, 0.3) is 0 Å². The molecule has 0 fully saturated rings. The number of aliphatic carboxylic acids is 1. The summed E-state index contributed by atoms with van der Waals surface area (Å²) < 4.78 is 15.6. The Hall–Kier alpha value is -3.55. The fourth-order valence-corrected chi connectivity index (χ4v) is 3.85. The second-order valence-electron chi connectivity index (χ2n) is 7.75. The van der Waals surface area contributed by atoms with E-state index in [1.807, 2.05) is 0 Å². The first-order valence-corrected chi connectivity index (χ1v) is 11.3. The predicted octanol–water partition coefficient (Wildman–Crippen LogP) is 6.97. The zero-order valence-electron chi connectivity index (χ0n) is 22.3. The summed E-state index contributed by atoms with van der Waals surface area (Å²) in [4.78, 5) is 35.7. The van der Waals surface area contributed by atoms with Gasteiger partial charge in [-0.15, -0.1) is 0 Å². The van der Waals surface area contributed by atoms with Crippen molar-refractivity contribution in [3.05, 3.63) is 95.1 Å². The largest absolute Gasteiger partial charge is 0.693 e. The average molecular weight is 696 g/mol. The summed E-state index contributed by atoms with van der Waals surface area (Å²) in [6.07, 6.45) is -1.45. The molecule has 12 nitrogen and oxygen atoms in total. The standard InChI is InChI=1S/C26H25NO9.CH5N.4CH4.H2N.Y/c1-34-20-11-12-21(22(13-20)35-2)24(17-7-9-19(10-8-17)36-26(32)33)27(15-23(28)29)14-16-3-5-18(6-4-16)25(30)31;1-2;;;;;;/h3-13,24H,14-15H2,1-2H3,(H,28,29)(H,30,31)(H,32,33);2H2,1H3;4*1H4;1H2;/q;;;;;;-1;. The molecule has 0 saturated heterocycles. The molecule has 3 aromatic carbocycles. The van der Waals surface area contributed by atoms with Crippen molar-refractivity contribution in [1.82, 2.24) is 4.90 Å². The molecule has 0 spiro atoms. The van der Waals surface area contributed by atoms with Gasteiger partial charge in [0, 0.05) is 50.9 Å². The van der Waals surface area contributed by atoms with Crippen LogP contribution < -0.4 is 19.9 Å². The monoisotopic (exact) mass is 695 g/mol. The topological polar surface area (TPSA) is 202 Å². The molecule has 1 radical (unpaired) electrons. The normalized spacial score (nSPS) is 9.57. The fraction of sp³-hybridized carbons (Fsp3) is 0.323. The van der Waals surface area contributed by atoms with Gasteiger partial charge in [-0.25, -0.2) is 9.59 Å². The van der Waals surface area contributed by atoms with Crippen molar-refractivity contribution >= 4 is 18.1 Å². The molecule has 7 N–H and O–H groups in total. The third-order valence-corrected chi connectivity index (χ3v) is 5.43. The Bertz CT molecular complexity index is 1240. The van der Waals surface area contributed by atoms with Gasteiger partial charge in [-0.1, -0.05) is 54.0 Å². The van der Waals surface area contributed by atoms with Gasteiger partial charge in [0.15, 0.2) is 0 Å². The van der Waals surface area contributed by atoms with Crippen molar-refractivity contribution < 1.29 is 76.6 Å². The maximum atomic E-state index is 11.9. The number of rotatable bonds is 11. The molecule has 1 unspecified atom stereocenters. The third-order valence-electron chi connectivity index (χ3n) is 5.43. The fourth-order valence-electron chi connectivity index (χ4n) is 3.85. The number of aromatic carboxylic acids is 1. The van der Waals surface area contributed by atoms with Crippen LogP contribution in [0.15, 0.2) is 66.7 Å². The number of nitrogens with two attached hydrogens (primary N) is 2. The van der Waals surface area contributed by atoms with Gasteiger partial charge in [0.2, 0.25) is 0 Å². The molecule has 0 heterocycles. The molecule has 1 atom stereocenters. The van der Waals surface area contributed by atoms with E-state index in [-0.39, 0.29) is 93.0 Å². The van der Waals surface area contributed by atoms with E-state index in [0.29, 0.717) is 28.2 Å². The van der Waals surface area contributed by atoms with Crippen LogP contribution in [0.25, 0.3) is 6.15 Å². The summed E-state index contributed by atoms with van der Waals surface area (Å²) in [6.45, 7) is -0.187. The van der Waals surface area contributed by atoms with E-state index in [1.165, 1.54) is 45.5 Å². The van der Waals surface area contributed by atoms with Crippen molar-refractivity contribution in [2.45, 2.75) is 42.3 Å². The van der Waals surface area contributed by atoms with Crippen LogP contribution >= 0.6 is 0 Å². The van der Waals surface area contributed by atoms with Crippen LogP contribution in [0.1, 0.15) is 62.8 Å². The van der Waals surface area contributed by atoms with Crippen LogP contribution in [-0.4, -0.2) is 66.1 Å². The van der Waals surface area contributed by atoms with Crippen LogP contribution in [0.5, 0.6) is 17.2 Å². The van der Waals surface area contributed by atoms with Gasteiger partial charge in [-0.05, 0) is 54.6 Å². The minimum absolute atomic E-state index is 0. The van der Waals surface area contributed by atoms with Crippen molar-refractivity contribution in [1.29, 1.82) is 0 Å². The minimum atomic E-state index is -1.45. The predicted molar refractivity (Wildman–Crippen MR) is 170 cm³/mol. The molecule has 0 bridgehead atoms.